The minimum Gasteiger partial charge on any atom is -0.379 e. The van der Waals surface area contributed by atoms with Crippen molar-refractivity contribution < 1.29 is 4.74 Å². The van der Waals surface area contributed by atoms with E-state index >= 15 is 0 Å². The van der Waals surface area contributed by atoms with Crippen molar-refractivity contribution in [2.45, 2.75) is 83.8 Å². The van der Waals surface area contributed by atoms with E-state index in [1.807, 2.05) is 0 Å². The lowest BCUT2D eigenvalue weighted by Crippen LogP contribution is -2.30. The SMILES string of the molecule is CC(C)OCCCCNC1CCCCCCC1. The second kappa shape index (κ2) is 9.90. The fraction of sp³-hybridized carbons (Fsp3) is 1.00. The third-order valence-electron chi connectivity index (χ3n) is 3.56. The Morgan fingerprint density at radius 2 is 1.65 bits per heavy atom. The van der Waals surface area contributed by atoms with E-state index < -0.39 is 0 Å². The van der Waals surface area contributed by atoms with Crippen molar-refractivity contribution in [1.29, 1.82) is 0 Å². The smallest absolute Gasteiger partial charge is 0.0518 e. The summed E-state index contributed by atoms with van der Waals surface area (Å²) in [6.07, 6.45) is 12.8. The fourth-order valence-electron chi connectivity index (χ4n) is 2.51. The van der Waals surface area contributed by atoms with Crippen LogP contribution >= 0.6 is 0 Å². The molecule has 0 atom stereocenters. The Labute approximate surface area is 108 Å². The maximum absolute atomic E-state index is 5.54. The van der Waals surface area contributed by atoms with E-state index in [4.69, 9.17) is 4.74 Å². The molecule has 0 aliphatic heterocycles. The summed E-state index contributed by atoms with van der Waals surface area (Å²) in [6.45, 7) is 6.30. The number of hydrogen-bond donors (Lipinski definition) is 1. The van der Waals surface area contributed by atoms with Gasteiger partial charge in [0.15, 0.2) is 0 Å². The van der Waals surface area contributed by atoms with Crippen LogP contribution in [0.2, 0.25) is 0 Å². The Balaban J connectivity index is 1.93. The van der Waals surface area contributed by atoms with Crippen molar-refractivity contribution in [2.75, 3.05) is 13.2 Å². The Bertz CT molecular complexity index is 162. The minimum absolute atomic E-state index is 0.383. The molecule has 0 aromatic carbocycles. The molecule has 2 heteroatoms. The largest absolute Gasteiger partial charge is 0.379 e. The second-order valence-electron chi connectivity index (χ2n) is 5.62. The van der Waals surface area contributed by atoms with Gasteiger partial charge in [0.1, 0.15) is 0 Å². The molecular weight excluding hydrogens is 210 g/mol. The number of unbranched alkanes of at least 4 members (excludes halogenated alkanes) is 1. The number of rotatable bonds is 7. The average molecular weight is 241 g/mol. The van der Waals surface area contributed by atoms with Gasteiger partial charge in [0.25, 0.3) is 0 Å². The van der Waals surface area contributed by atoms with Crippen LogP contribution < -0.4 is 5.32 Å². The second-order valence-corrected chi connectivity index (χ2v) is 5.62. The molecule has 0 aromatic rings. The summed E-state index contributed by atoms with van der Waals surface area (Å²) in [6, 6.07) is 0.793. The first-order valence-electron chi connectivity index (χ1n) is 7.64. The first-order chi connectivity index (χ1) is 8.29. The zero-order chi connectivity index (χ0) is 12.3. The molecular formula is C15H31NO. The molecule has 2 nitrogen and oxygen atoms in total. The van der Waals surface area contributed by atoms with E-state index in [1.165, 1.54) is 64.3 Å². The van der Waals surface area contributed by atoms with Gasteiger partial charge in [-0.1, -0.05) is 32.1 Å². The van der Waals surface area contributed by atoms with Crippen LogP contribution in [0, 0.1) is 0 Å². The van der Waals surface area contributed by atoms with Crippen LogP contribution in [-0.2, 0) is 4.74 Å². The van der Waals surface area contributed by atoms with Gasteiger partial charge in [-0.15, -0.1) is 0 Å². The van der Waals surface area contributed by atoms with Crippen LogP contribution in [0.15, 0.2) is 0 Å². The van der Waals surface area contributed by atoms with Gasteiger partial charge in [0, 0.05) is 12.6 Å². The predicted octanol–water partition coefficient (Wildman–Crippen LogP) is 3.89. The third kappa shape index (κ3) is 8.62. The molecule has 0 bridgehead atoms. The highest BCUT2D eigenvalue weighted by atomic mass is 16.5. The molecule has 102 valence electrons. The van der Waals surface area contributed by atoms with E-state index in [-0.39, 0.29) is 0 Å². The van der Waals surface area contributed by atoms with Crippen molar-refractivity contribution in [3.8, 4) is 0 Å². The Morgan fingerprint density at radius 1 is 1.00 bits per heavy atom. The van der Waals surface area contributed by atoms with E-state index in [9.17, 15) is 0 Å². The van der Waals surface area contributed by atoms with Gasteiger partial charge < -0.3 is 10.1 Å². The highest BCUT2D eigenvalue weighted by Crippen LogP contribution is 2.16. The minimum atomic E-state index is 0.383. The van der Waals surface area contributed by atoms with Crippen LogP contribution in [0.25, 0.3) is 0 Å². The standard InChI is InChI=1S/C15H31NO/c1-14(2)17-13-9-8-12-16-15-10-6-4-3-5-7-11-15/h14-16H,3-13H2,1-2H3. The molecule has 1 aliphatic rings. The summed E-state index contributed by atoms with van der Waals surface area (Å²) in [5.74, 6) is 0. The molecule has 0 unspecified atom stereocenters. The molecule has 0 aromatic heterocycles. The van der Waals surface area contributed by atoms with Gasteiger partial charge in [-0.25, -0.2) is 0 Å². The summed E-state index contributed by atoms with van der Waals surface area (Å²) < 4.78 is 5.54. The molecule has 1 N–H and O–H groups in total. The highest BCUT2D eigenvalue weighted by Gasteiger charge is 2.09. The quantitative estimate of drug-likeness (QED) is 0.683. The summed E-state index contributed by atoms with van der Waals surface area (Å²) in [7, 11) is 0. The summed E-state index contributed by atoms with van der Waals surface area (Å²) in [5.41, 5.74) is 0. The first-order valence-corrected chi connectivity index (χ1v) is 7.64. The molecule has 1 aliphatic carbocycles. The monoisotopic (exact) mass is 241 g/mol. The van der Waals surface area contributed by atoms with Gasteiger partial charge in [0.2, 0.25) is 0 Å². The van der Waals surface area contributed by atoms with Crippen molar-refractivity contribution in [3.05, 3.63) is 0 Å². The van der Waals surface area contributed by atoms with Crippen molar-refractivity contribution in [2.24, 2.45) is 0 Å². The molecule has 0 radical (unpaired) electrons. The lowest BCUT2D eigenvalue weighted by molar-refractivity contribution is 0.0759. The van der Waals surface area contributed by atoms with Crippen LogP contribution in [0.5, 0.6) is 0 Å². The third-order valence-corrected chi connectivity index (χ3v) is 3.56. The summed E-state index contributed by atoms with van der Waals surface area (Å²) >= 11 is 0. The molecule has 0 heterocycles. The average Bonchev–Trinajstić information content (AvgIpc) is 2.25. The molecule has 1 fully saturated rings. The van der Waals surface area contributed by atoms with E-state index in [2.05, 4.69) is 19.2 Å². The van der Waals surface area contributed by atoms with Gasteiger partial charge in [-0.2, -0.15) is 0 Å². The molecule has 1 rings (SSSR count). The number of ether oxygens (including phenoxy) is 1. The maximum atomic E-state index is 5.54. The van der Waals surface area contributed by atoms with Crippen molar-refractivity contribution >= 4 is 0 Å². The van der Waals surface area contributed by atoms with Gasteiger partial charge in [0.05, 0.1) is 6.10 Å². The predicted molar refractivity (Wildman–Crippen MR) is 74.4 cm³/mol. The fourth-order valence-corrected chi connectivity index (χ4v) is 2.51. The molecule has 1 saturated carbocycles. The zero-order valence-electron chi connectivity index (χ0n) is 11.8. The lowest BCUT2D eigenvalue weighted by Gasteiger charge is -2.21. The number of hydrogen-bond acceptors (Lipinski definition) is 2. The van der Waals surface area contributed by atoms with Crippen molar-refractivity contribution in [3.63, 3.8) is 0 Å². The van der Waals surface area contributed by atoms with Crippen LogP contribution in [0.4, 0.5) is 0 Å². The zero-order valence-corrected chi connectivity index (χ0v) is 11.8. The Kier molecular flexibility index (Phi) is 8.72. The van der Waals surface area contributed by atoms with Gasteiger partial charge in [-0.3, -0.25) is 0 Å². The first kappa shape index (κ1) is 15.0. The number of nitrogens with one attached hydrogen (secondary N) is 1. The van der Waals surface area contributed by atoms with E-state index in [0.717, 1.165) is 12.6 Å². The lowest BCUT2D eigenvalue weighted by atomic mass is 9.97. The van der Waals surface area contributed by atoms with Crippen molar-refractivity contribution in [1.82, 2.24) is 5.32 Å². The maximum Gasteiger partial charge on any atom is 0.0518 e. The van der Waals surface area contributed by atoms with Gasteiger partial charge in [-0.05, 0) is 46.1 Å². The molecule has 0 amide bonds. The summed E-state index contributed by atoms with van der Waals surface area (Å²) in [5, 5.41) is 3.72. The highest BCUT2D eigenvalue weighted by molar-refractivity contribution is 4.69. The molecule has 17 heavy (non-hydrogen) atoms. The topological polar surface area (TPSA) is 21.3 Å². The van der Waals surface area contributed by atoms with Crippen LogP contribution in [0.3, 0.4) is 0 Å². The van der Waals surface area contributed by atoms with Crippen LogP contribution in [0.1, 0.15) is 71.6 Å². The molecule has 0 spiro atoms. The normalized spacial score (nSPS) is 19.2. The van der Waals surface area contributed by atoms with Crippen LogP contribution in [-0.4, -0.2) is 25.3 Å². The summed E-state index contributed by atoms with van der Waals surface area (Å²) in [4.78, 5) is 0. The Morgan fingerprint density at radius 3 is 2.29 bits per heavy atom. The van der Waals surface area contributed by atoms with E-state index in [0.29, 0.717) is 6.10 Å². The Hall–Kier alpha value is -0.0800. The van der Waals surface area contributed by atoms with E-state index in [1.54, 1.807) is 0 Å². The molecule has 0 saturated heterocycles. The van der Waals surface area contributed by atoms with Gasteiger partial charge >= 0.3 is 0 Å².